The van der Waals surface area contributed by atoms with E-state index in [0.717, 1.165) is 22.0 Å². The summed E-state index contributed by atoms with van der Waals surface area (Å²) in [5.41, 5.74) is 0. The van der Waals surface area contributed by atoms with Crippen LogP contribution in [0.1, 0.15) is 0 Å². The summed E-state index contributed by atoms with van der Waals surface area (Å²) in [6, 6.07) is 0. The maximum Gasteiger partial charge on any atom is 1.00 e. The SMILES string of the molecule is [Br-].[Br][InH2].[Na+]. The maximum atomic E-state index is 3.15. The van der Waals surface area contributed by atoms with Crippen LogP contribution in [0.25, 0.3) is 0 Å². The van der Waals surface area contributed by atoms with Crippen LogP contribution in [0.5, 0.6) is 0 Å². The van der Waals surface area contributed by atoms with Gasteiger partial charge in [0.25, 0.3) is 0 Å². The van der Waals surface area contributed by atoms with Gasteiger partial charge in [0, 0.05) is 0 Å². The average Bonchev–Trinajstić information content (AvgIpc) is 1.00. The van der Waals surface area contributed by atoms with E-state index in [2.05, 4.69) is 12.3 Å². The number of hydrogen-bond donors (Lipinski definition) is 0. The molecule has 0 saturated carbocycles. The fourth-order valence-electron chi connectivity index (χ4n) is 0. The molecule has 0 unspecified atom stereocenters. The minimum atomic E-state index is 0. The van der Waals surface area contributed by atoms with Gasteiger partial charge in [-0.3, -0.25) is 0 Å². The van der Waals surface area contributed by atoms with Gasteiger partial charge in [0.15, 0.2) is 0 Å². The van der Waals surface area contributed by atoms with Gasteiger partial charge in [0.2, 0.25) is 0 Å². The number of rotatable bonds is 0. The van der Waals surface area contributed by atoms with Gasteiger partial charge in [-0.1, -0.05) is 0 Å². The zero-order valence-corrected chi connectivity index (χ0v) is 13.6. The molecule has 0 amide bonds. The number of halogens is 2. The Hall–Kier alpha value is 2.83. The Kier molecular flexibility index (Phi) is 67.2. The Morgan fingerprint density at radius 3 is 1.25 bits per heavy atom. The summed E-state index contributed by atoms with van der Waals surface area (Å²) in [4.78, 5) is 0. The molecule has 0 nitrogen and oxygen atoms in total. The third-order valence-corrected chi connectivity index (χ3v) is 0. The monoisotopic (exact) mass is 298 g/mol. The first-order valence-corrected chi connectivity index (χ1v) is 13.2. The Labute approximate surface area is 79.2 Å². The summed E-state index contributed by atoms with van der Waals surface area (Å²) in [5, 5.41) is 0. The molecule has 0 aliphatic carbocycles. The molecule has 0 N–H and O–H groups in total. The molecule has 0 radical (unpaired) electrons. The summed E-state index contributed by atoms with van der Waals surface area (Å²) >= 11 is 3.91. The van der Waals surface area contributed by atoms with Crippen molar-refractivity contribution in [1.82, 2.24) is 0 Å². The van der Waals surface area contributed by atoms with Crippen molar-refractivity contribution in [3.05, 3.63) is 0 Å². The minimum Gasteiger partial charge on any atom is 1.00 e. The quantitative estimate of drug-likeness (QED) is 0.391. The molecule has 0 fully saturated rings. The molecule has 0 aromatic rings. The van der Waals surface area contributed by atoms with Crippen molar-refractivity contribution >= 4 is 34.3 Å². The van der Waals surface area contributed by atoms with Crippen molar-refractivity contribution in [2.45, 2.75) is 0 Å². The Bertz CT molecular complexity index is 6.00. The molecule has 0 bridgehead atoms. The second-order valence-electron chi connectivity index (χ2n) is 0. The van der Waals surface area contributed by atoms with Gasteiger partial charge in [0.1, 0.15) is 0 Å². The summed E-state index contributed by atoms with van der Waals surface area (Å²) < 4.78 is 0. The van der Waals surface area contributed by atoms with Gasteiger partial charge in [-0.2, -0.15) is 0 Å². The molecule has 0 heterocycles. The Morgan fingerprint density at radius 2 is 1.25 bits per heavy atom. The predicted molar refractivity (Wildman–Crippen MR) is 17.5 cm³/mol. The first-order valence-electron chi connectivity index (χ1n) is 0.378. The van der Waals surface area contributed by atoms with E-state index in [1.165, 1.54) is 0 Å². The third-order valence-electron chi connectivity index (χ3n) is 0. The van der Waals surface area contributed by atoms with Gasteiger partial charge in [-0.25, -0.2) is 0 Å². The van der Waals surface area contributed by atoms with Gasteiger partial charge in [-0.15, -0.1) is 0 Å². The average molecular weight is 300 g/mol. The second-order valence-corrected chi connectivity index (χ2v) is 0. The zero-order chi connectivity index (χ0) is 2.00. The first kappa shape index (κ1) is 15.8. The van der Waals surface area contributed by atoms with Crippen LogP contribution < -0.4 is 46.5 Å². The molecule has 0 aliphatic rings. The van der Waals surface area contributed by atoms with Crippen molar-refractivity contribution in [3.8, 4) is 0 Å². The fourth-order valence-corrected chi connectivity index (χ4v) is 0. The van der Waals surface area contributed by atoms with Crippen molar-refractivity contribution in [2.75, 3.05) is 0 Å². The first-order chi connectivity index (χ1) is 1.00. The molecule has 0 aromatic carbocycles. The van der Waals surface area contributed by atoms with Gasteiger partial charge in [0.05, 0.1) is 0 Å². The third kappa shape index (κ3) is 8.85. The largest absolute Gasteiger partial charge is 1.00 e. The van der Waals surface area contributed by atoms with Crippen LogP contribution in [0.15, 0.2) is 0 Å². The van der Waals surface area contributed by atoms with Crippen LogP contribution in [0.3, 0.4) is 0 Å². The molecule has 20 valence electrons. The van der Waals surface area contributed by atoms with E-state index in [1.54, 1.807) is 0 Å². The van der Waals surface area contributed by atoms with E-state index in [0.29, 0.717) is 0 Å². The molecule has 0 spiro atoms. The molecule has 0 aromatic heterocycles. The Morgan fingerprint density at radius 1 is 1.25 bits per heavy atom. The van der Waals surface area contributed by atoms with Crippen LogP contribution >= 0.6 is 12.3 Å². The summed E-state index contributed by atoms with van der Waals surface area (Å²) in [7, 11) is 0. The topological polar surface area (TPSA) is 0 Å². The van der Waals surface area contributed by atoms with Crippen molar-refractivity contribution in [1.29, 1.82) is 0 Å². The zero-order valence-electron chi connectivity index (χ0n) is 2.76. The molecular formula is H2Br2InNa. The van der Waals surface area contributed by atoms with E-state index in [-0.39, 0.29) is 46.5 Å². The van der Waals surface area contributed by atoms with E-state index in [1.807, 2.05) is 0 Å². The van der Waals surface area contributed by atoms with E-state index in [9.17, 15) is 0 Å². The van der Waals surface area contributed by atoms with Crippen LogP contribution in [0, 0.1) is 0 Å². The molecule has 4 heavy (non-hydrogen) atoms. The van der Waals surface area contributed by atoms with Crippen molar-refractivity contribution < 1.29 is 46.5 Å². The van der Waals surface area contributed by atoms with E-state index < -0.39 is 0 Å². The fraction of sp³-hybridized carbons (Fsp3) is 0. The molecule has 0 atom stereocenters. The summed E-state index contributed by atoms with van der Waals surface area (Å²) in [5.74, 6) is 0. The maximum absolute atomic E-state index is 3.15. The normalized spacial score (nSPS) is 1.25. The smallest absolute Gasteiger partial charge is 1.00 e. The summed E-state index contributed by atoms with van der Waals surface area (Å²) in [6.07, 6.45) is 0. The second kappa shape index (κ2) is 17.0. The molecule has 4 heteroatoms. The molecular weight excluding hydrogens is 298 g/mol. The standard InChI is InChI=1S/2BrH.In.Na.2H/h2*1H;;;;/q;;2*+1;;/p-2. The van der Waals surface area contributed by atoms with E-state index in [4.69, 9.17) is 0 Å². The van der Waals surface area contributed by atoms with Crippen LogP contribution in [0.4, 0.5) is 0 Å². The summed E-state index contributed by atoms with van der Waals surface area (Å²) in [6.45, 7) is 0. The van der Waals surface area contributed by atoms with Crippen LogP contribution in [-0.2, 0) is 0 Å². The van der Waals surface area contributed by atoms with Crippen LogP contribution in [-0.4, -0.2) is 22.0 Å². The van der Waals surface area contributed by atoms with Gasteiger partial charge in [-0.05, 0) is 0 Å². The minimum absolute atomic E-state index is 0. The number of hydrogen-bond acceptors (Lipinski definition) is 0. The predicted octanol–water partition coefficient (Wildman–Crippen LogP) is -6.06. The Balaban J connectivity index is -0.00000000500. The van der Waals surface area contributed by atoms with Gasteiger partial charge < -0.3 is 17.0 Å². The van der Waals surface area contributed by atoms with Crippen molar-refractivity contribution in [3.63, 3.8) is 0 Å². The van der Waals surface area contributed by atoms with Crippen molar-refractivity contribution in [2.24, 2.45) is 0 Å². The molecule has 0 saturated heterocycles. The molecule has 0 aliphatic heterocycles. The van der Waals surface area contributed by atoms with Gasteiger partial charge >= 0.3 is 63.9 Å². The van der Waals surface area contributed by atoms with Crippen LogP contribution in [0.2, 0.25) is 0 Å². The molecule has 0 rings (SSSR count). The van der Waals surface area contributed by atoms with E-state index >= 15 is 0 Å².